The molecule has 0 aromatic rings. The molecule has 1 heterocycles. The number of nitrogens with zero attached hydrogens (tertiary/aromatic N) is 2. The lowest BCUT2D eigenvalue weighted by molar-refractivity contribution is 0.180. The van der Waals surface area contributed by atoms with Crippen molar-refractivity contribution in [3.8, 4) is 0 Å². The largest absolute Gasteiger partial charge is 0.379 e. The number of ether oxygens (including phenoxy) is 1. The third-order valence-corrected chi connectivity index (χ3v) is 2.49. The van der Waals surface area contributed by atoms with E-state index in [0.29, 0.717) is 6.61 Å². The summed E-state index contributed by atoms with van der Waals surface area (Å²) in [6, 6.07) is 0.187. The fraction of sp³-hybridized carbons (Fsp3) is 0.900. The summed E-state index contributed by atoms with van der Waals surface area (Å²) in [5.74, 6) is 0. The van der Waals surface area contributed by atoms with Gasteiger partial charge in [0.25, 0.3) is 0 Å². The second-order valence-electron chi connectivity index (χ2n) is 4.23. The van der Waals surface area contributed by atoms with Crippen molar-refractivity contribution < 1.29 is 9.53 Å². The number of hydrogen-bond acceptors (Lipinski definition) is 3. The molecule has 2 amide bonds. The summed E-state index contributed by atoms with van der Waals surface area (Å²) in [7, 11) is 5.81. The molecule has 1 rings (SSSR count). The number of amides is 2. The first-order valence-electron chi connectivity index (χ1n) is 5.33. The van der Waals surface area contributed by atoms with Gasteiger partial charge in [-0.15, -0.1) is 0 Å². The van der Waals surface area contributed by atoms with Gasteiger partial charge in [-0.05, 0) is 20.5 Å². The standard InChI is InChI=1S/C10H21N3O2/c1-12(2)5-6-13(3)10(14)11-9-4-7-15-8-9/h9H,4-8H2,1-3H3,(H,11,14). The second-order valence-corrected chi connectivity index (χ2v) is 4.23. The van der Waals surface area contributed by atoms with E-state index in [4.69, 9.17) is 4.74 Å². The summed E-state index contributed by atoms with van der Waals surface area (Å²) in [5, 5.41) is 2.95. The van der Waals surface area contributed by atoms with Crippen molar-refractivity contribution in [3.05, 3.63) is 0 Å². The van der Waals surface area contributed by atoms with Crippen LogP contribution in [0.25, 0.3) is 0 Å². The van der Waals surface area contributed by atoms with Gasteiger partial charge in [0.1, 0.15) is 0 Å². The van der Waals surface area contributed by atoms with Gasteiger partial charge >= 0.3 is 6.03 Å². The molecule has 0 aromatic heterocycles. The average molecular weight is 215 g/mol. The van der Waals surface area contributed by atoms with Gasteiger partial charge in [-0.3, -0.25) is 0 Å². The van der Waals surface area contributed by atoms with E-state index in [1.807, 2.05) is 21.1 Å². The van der Waals surface area contributed by atoms with Crippen molar-refractivity contribution in [2.45, 2.75) is 12.5 Å². The summed E-state index contributed by atoms with van der Waals surface area (Å²) < 4.78 is 5.19. The van der Waals surface area contributed by atoms with Crippen LogP contribution in [0.2, 0.25) is 0 Å². The topological polar surface area (TPSA) is 44.8 Å². The molecular weight excluding hydrogens is 194 g/mol. The van der Waals surface area contributed by atoms with Gasteiger partial charge in [0.2, 0.25) is 0 Å². The zero-order chi connectivity index (χ0) is 11.3. The predicted molar refractivity (Wildman–Crippen MR) is 58.9 cm³/mol. The first-order valence-corrected chi connectivity index (χ1v) is 5.33. The fourth-order valence-corrected chi connectivity index (χ4v) is 1.38. The Kier molecular flexibility index (Phi) is 4.84. The van der Waals surface area contributed by atoms with Crippen LogP contribution in [0, 0.1) is 0 Å². The first kappa shape index (κ1) is 12.3. The van der Waals surface area contributed by atoms with Gasteiger partial charge in [-0.25, -0.2) is 4.79 Å². The number of carbonyl (C=O) groups is 1. The van der Waals surface area contributed by atoms with Crippen LogP contribution in [-0.4, -0.2) is 69.3 Å². The molecular formula is C10H21N3O2. The molecule has 0 saturated carbocycles. The Morgan fingerprint density at radius 3 is 2.67 bits per heavy atom. The van der Waals surface area contributed by atoms with E-state index >= 15 is 0 Å². The number of rotatable bonds is 4. The van der Waals surface area contributed by atoms with Crippen LogP contribution in [0.4, 0.5) is 4.79 Å². The predicted octanol–water partition coefficient (Wildman–Crippen LogP) is -0.0217. The van der Waals surface area contributed by atoms with Crippen LogP contribution in [0.1, 0.15) is 6.42 Å². The molecule has 0 spiro atoms. The van der Waals surface area contributed by atoms with Gasteiger partial charge < -0.3 is 19.9 Å². The minimum Gasteiger partial charge on any atom is -0.379 e. The number of carbonyl (C=O) groups excluding carboxylic acids is 1. The maximum Gasteiger partial charge on any atom is 0.317 e. The summed E-state index contributed by atoms with van der Waals surface area (Å²) in [6.45, 7) is 3.02. The molecule has 1 saturated heterocycles. The van der Waals surface area contributed by atoms with E-state index in [2.05, 4.69) is 10.2 Å². The summed E-state index contributed by atoms with van der Waals surface area (Å²) in [6.07, 6.45) is 0.924. The Balaban J connectivity index is 2.20. The van der Waals surface area contributed by atoms with Gasteiger partial charge in [-0.1, -0.05) is 0 Å². The highest BCUT2D eigenvalue weighted by molar-refractivity contribution is 5.74. The maximum atomic E-state index is 11.7. The van der Waals surface area contributed by atoms with Crippen molar-refractivity contribution in [2.75, 3.05) is 47.4 Å². The van der Waals surface area contributed by atoms with Crippen molar-refractivity contribution in [1.82, 2.24) is 15.1 Å². The zero-order valence-corrected chi connectivity index (χ0v) is 9.82. The van der Waals surface area contributed by atoms with E-state index < -0.39 is 0 Å². The molecule has 88 valence electrons. The lowest BCUT2D eigenvalue weighted by Gasteiger charge is -2.21. The third kappa shape index (κ3) is 4.48. The van der Waals surface area contributed by atoms with Crippen molar-refractivity contribution in [2.24, 2.45) is 0 Å². The number of hydrogen-bond donors (Lipinski definition) is 1. The summed E-state index contributed by atoms with van der Waals surface area (Å²) >= 11 is 0. The molecule has 0 radical (unpaired) electrons. The molecule has 0 bridgehead atoms. The van der Waals surface area contributed by atoms with E-state index in [0.717, 1.165) is 26.1 Å². The SMILES string of the molecule is CN(C)CCN(C)C(=O)NC1CCOC1. The normalized spacial score (nSPS) is 20.7. The zero-order valence-electron chi connectivity index (χ0n) is 9.82. The minimum absolute atomic E-state index is 0.00708. The minimum atomic E-state index is -0.00708. The second kappa shape index (κ2) is 5.92. The smallest absolute Gasteiger partial charge is 0.317 e. The maximum absolute atomic E-state index is 11.7. The number of likely N-dealkylation sites (N-methyl/N-ethyl adjacent to an activating group) is 2. The molecule has 1 aliphatic rings. The van der Waals surface area contributed by atoms with Crippen LogP contribution in [-0.2, 0) is 4.74 Å². The molecule has 1 unspecified atom stereocenters. The molecule has 0 aliphatic carbocycles. The highest BCUT2D eigenvalue weighted by atomic mass is 16.5. The first-order chi connectivity index (χ1) is 7.09. The van der Waals surface area contributed by atoms with E-state index in [9.17, 15) is 4.79 Å². The van der Waals surface area contributed by atoms with E-state index in [1.165, 1.54) is 0 Å². The molecule has 5 heteroatoms. The summed E-state index contributed by atoms with van der Waals surface area (Å²) in [5.41, 5.74) is 0. The number of urea groups is 1. The average Bonchev–Trinajstić information content (AvgIpc) is 2.66. The molecule has 1 N–H and O–H groups in total. The van der Waals surface area contributed by atoms with E-state index in [1.54, 1.807) is 4.90 Å². The molecule has 1 aliphatic heterocycles. The molecule has 5 nitrogen and oxygen atoms in total. The quantitative estimate of drug-likeness (QED) is 0.717. The Morgan fingerprint density at radius 2 is 2.13 bits per heavy atom. The Bertz CT molecular complexity index is 203. The van der Waals surface area contributed by atoms with Crippen molar-refractivity contribution >= 4 is 6.03 Å². The highest BCUT2D eigenvalue weighted by Gasteiger charge is 2.19. The van der Waals surface area contributed by atoms with Crippen molar-refractivity contribution in [3.63, 3.8) is 0 Å². The van der Waals surface area contributed by atoms with Crippen LogP contribution in [0.5, 0.6) is 0 Å². The van der Waals surface area contributed by atoms with Crippen LogP contribution in [0.3, 0.4) is 0 Å². The van der Waals surface area contributed by atoms with Crippen LogP contribution in [0.15, 0.2) is 0 Å². The third-order valence-electron chi connectivity index (χ3n) is 2.49. The molecule has 1 atom stereocenters. The lowest BCUT2D eigenvalue weighted by atomic mass is 10.3. The highest BCUT2D eigenvalue weighted by Crippen LogP contribution is 2.03. The Morgan fingerprint density at radius 1 is 1.40 bits per heavy atom. The van der Waals surface area contributed by atoms with Gasteiger partial charge in [0, 0.05) is 26.7 Å². The van der Waals surface area contributed by atoms with E-state index in [-0.39, 0.29) is 12.1 Å². The Hall–Kier alpha value is -0.810. The van der Waals surface area contributed by atoms with Gasteiger partial charge in [0.15, 0.2) is 0 Å². The lowest BCUT2D eigenvalue weighted by Crippen LogP contribution is -2.45. The van der Waals surface area contributed by atoms with Crippen molar-refractivity contribution in [1.29, 1.82) is 0 Å². The molecule has 1 fully saturated rings. The molecule has 0 aromatic carbocycles. The van der Waals surface area contributed by atoms with Gasteiger partial charge in [0.05, 0.1) is 12.6 Å². The Labute approximate surface area is 91.4 Å². The monoisotopic (exact) mass is 215 g/mol. The van der Waals surface area contributed by atoms with Crippen LogP contribution < -0.4 is 5.32 Å². The fourth-order valence-electron chi connectivity index (χ4n) is 1.38. The molecule has 15 heavy (non-hydrogen) atoms. The van der Waals surface area contributed by atoms with Crippen LogP contribution >= 0.6 is 0 Å². The summed E-state index contributed by atoms with van der Waals surface area (Å²) in [4.78, 5) is 15.4. The van der Waals surface area contributed by atoms with Gasteiger partial charge in [-0.2, -0.15) is 0 Å². The number of nitrogens with one attached hydrogen (secondary N) is 1.